The van der Waals surface area contributed by atoms with E-state index in [2.05, 4.69) is 17.6 Å². The SMILES string of the molecule is CCCCNC(=S)Nc1cccc(O)c1. The summed E-state index contributed by atoms with van der Waals surface area (Å²) in [7, 11) is 0. The third-order valence-corrected chi connectivity index (χ3v) is 2.17. The van der Waals surface area contributed by atoms with E-state index in [0.29, 0.717) is 5.11 Å². The Kier molecular flexibility index (Phi) is 4.90. The van der Waals surface area contributed by atoms with Gasteiger partial charge in [0.2, 0.25) is 0 Å². The van der Waals surface area contributed by atoms with Crippen molar-refractivity contribution >= 4 is 23.0 Å². The zero-order chi connectivity index (χ0) is 11.1. The van der Waals surface area contributed by atoms with Gasteiger partial charge in [-0.2, -0.15) is 0 Å². The van der Waals surface area contributed by atoms with E-state index in [1.165, 1.54) is 0 Å². The number of benzene rings is 1. The van der Waals surface area contributed by atoms with Crippen LogP contribution in [0.2, 0.25) is 0 Å². The molecule has 0 aliphatic heterocycles. The average Bonchev–Trinajstić information content (AvgIpc) is 2.18. The van der Waals surface area contributed by atoms with Gasteiger partial charge in [0.15, 0.2) is 5.11 Å². The molecule has 0 heterocycles. The predicted octanol–water partition coefficient (Wildman–Crippen LogP) is 2.48. The monoisotopic (exact) mass is 224 g/mol. The molecule has 1 rings (SSSR count). The maximum absolute atomic E-state index is 9.24. The van der Waals surface area contributed by atoms with Crippen LogP contribution < -0.4 is 10.6 Å². The Morgan fingerprint density at radius 3 is 2.93 bits per heavy atom. The van der Waals surface area contributed by atoms with Gasteiger partial charge in [-0.1, -0.05) is 19.4 Å². The molecule has 0 aliphatic rings. The summed E-state index contributed by atoms with van der Waals surface area (Å²) in [6.07, 6.45) is 2.24. The Morgan fingerprint density at radius 1 is 1.47 bits per heavy atom. The Morgan fingerprint density at radius 2 is 2.27 bits per heavy atom. The molecular weight excluding hydrogens is 208 g/mol. The van der Waals surface area contributed by atoms with Crippen LogP contribution in [0.1, 0.15) is 19.8 Å². The zero-order valence-corrected chi connectivity index (χ0v) is 9.60. The number of rotatable bonds is 4. The molecule has 0 fully saturated rings. The van der Waals surface area contributed by atoms with Crippen LogP contribution >= 0.6 is 12.2 Å². The number of phenolic OH excluding ortho intramolecular Hbond substituents is 1. The van der Waals surface area contributed by atoms with Gasteiger partial charge in [-0.3, -0.25) is 0 Å². The van der Waals surface area contributed by atoms with Crippen LogP contribution in [0.15, 0.2) is 24.3 Å². The van der Waals surface area contributed by atoms with Crippen molar-refractivity contribution in [2.24, 2.45) is 0 Å². The summed E-state index contributed by atoms with van der Waals surface area (Å²) in [6.45, 7) is 3.01. The van der Waals surface area contributed by atoms with E-state index in [1.807, 2.05) is 6.07 Å². The summed E-state index contributed by atoms with van der Waals surface area (Å²) in [5.41, 5.74) is 0.795. The molecule has 0 atom stereocenters. The molecule has 4 heteroatoms. The number of hydrogen-bond donors (Lipinski definition) is 3. The van der Waals surface area contributed by atoms with Gasteiger partial charge in [0.25, 0.3) is 0 Å². The fourth-order valence-electron chi connectivity index (χ4n) is 1.14. The van der Waals surface area contributed by atoms with Crippen LogP contribution in [0.25, 0.3) is 0 Å². The molecule has 0 saturated heterocycles. The lowest BCUT2D eigenvalue weighted by molar-refractivity contribution is 0.475. The van der Waals surface area contributed by atoms with Crippen molar-refractivity contribution in [1.29, 1.82) is 0 Å². The van der Waals surface area contributed by atoms with Gasteiger partial charge in [-0.15, -0.1) is 0 Å². The predicted molar refractivity (Wildman–Crippen MR) is 67.2 cm³/mol. The maximum atomic E-state index is 9.24. The van der Waals surface area contributed by atoms with Crippen LogP contribution in [0, 0.1) is 0 Å². The number of aromatic hydroxyl groups is 1. The molecule has 15 heavy (non-hydrogen) atoms. The van der Waals surface area contributed by atoms with Gasteiger partial charge in [-0.25, -0.2) is 0 Å². The second kappa shape index (κ2) is 6.24. The minimum absolute atomic E-state index is 0.233. The highest BCUT2D eigenvalue weighted by atomic mass is 32.1. The number of unbranched alkanes of at least 4 members (excludes halogenated alkanes) is 1. The minimum atomic E-state index is 0.233. The summed E-state index contributed by atoms with van der Waals surface area (Å²) >= 11 is 5.09. The Labute approximate surface area is 95.5 Å². The largest absolute Gasteiger partial charge is 0.508 e. The molecule has 0 aliphatic carbocycles. The summed E-state index contributed by atoms with van der Waals surface area (Å²) in [6, 6.07) is 6.88. The van der Waals surface area contributed by atoms with E-state index in [0.717, 1.165) is 25.1 Å². The van der Waals surface area contributed by atoms with Gasteiger partial charge in [0.05, 0.1) is 0 Å². The normalized spacial score (nSPS) is 9.67. The van der Waals surface area contributed by atoms with Gasteiger partial charge in [0, 0.05) is 18.3 Å². The Balaban J connectivity index is 2.37. The number of hydrogen-bond acceptors (Lipinski definition) is 2. The van der Waals surface area contributed by atoms with Crippen LogP contribution in [0.3, 0.4) is 0 Å². The van der Waals surface area contributed by atoms with Crippen molar-refractivity contribution in [3.63, 3.8) is 0 Å². The van der Waals surface area contributed by atoms with E-state index >= 15 is 0 Å². The summed E-state index contributed by atoms with van der Waals surface area (Å²) in [4.78, 5) is 0. The van der Waals surface area contributed by atoms with Crippen molar-refractivity contribution in [3.8, 4) is 5.75 Å². The highest BCUT2D eigenvalue weighted by Gasteiger charge is 1.97. The first kappa shape index (κ1) is 11.8. The quantitative estimate of drug-likeness (QED) is 0.543. The molecule has 1 aromatic rings. The molecule has 0 amide bonds. The lowest BCUT2D eigenvalue weighted by Gasteiger charge is -2.09. The summed E-state index contributed by atoms with van der Waals surface area (Å²) in [5.74, 6) is 0.233. The molecule has 1 aromatic carbocycles. The molecule has 3 N–H and O–H groups in total. The van der Waals surface area contributed by atoms with Crippen LogP contribution in [0.4, 0.5) is 5.69 Å². The lowest BCUT2D eigenvalue weighted by Crippen LogP contribution is -2.29. The number of nitrogens with one attached hydrogen (secondary N) is 2. The molecular formula is C11H16N2OS. The lowest BCUT2D eigenvalue weighted by atomic mass is 10.3. The standard InChI is InChI=1S/C11H16N2OS/c1-2-3-7-12-11(15)13-9-5-4-6-10(14)8-9/h4-6,8,14H,2-3,7H2,1H3,(H2,12,13,15). The summed E-state index contributed by atoms with van der Waals surface area (Å²) in [5, 5.41) is 15.9. The van der Waals surface area contributed by atoms with Gasteiger partial charge in [0.1, 0.15) is 5.75 Å². The first-order chi connectivity index (χ1) is 7.22. The Hall–Kier alpha value is -1.29. The zero-order valence-electron chi connectivity index (χ0n) is 8.79. The van der Waals surface area contributed by atoms with E-state index in [4.69, 9.17) is 12.2 Å². The molecule has 0 unspecified atom stereocenters. The van der Waals surface area contributed by atoms with Crippen molar-refractivity contribution in [1.82, 2.24) is 5.32 Å². The summed E-state index contributed by atoms with van der Waals surface area (Å²) < 4.78 is 0. The van der Waals surface area contributed by atoms with E-state index in [-0.39, 0.29) is 5.75 Å². The van der Waals surface area contributed by atoms with E-state index < -0.39 is 0 Å². The fraction of sp³-hybridized carbons (Fsp3) is 0.364. The Bertz CT molecular complexity index is 328. The molecule has 0 bridgehead atoms. The fourth-order valence-corrected chi connectivity index (χ4v) is 1.36. The number of phenols is 1. The number of thiocarbonyl (C=S) groups is 1. The smallest absolute Gasteiger partial charge is 0.170 e. The highest BCUT2D eigenvalue weighted by molar-refractivity contribution is 7.80. The number of anilines is 1. The molecule has 0 aromatic heterocycles. The first-order valence-corrected chi connectivity index (χ1v) is 5.47. The molecule has 82 valence electrons. The van der Waals surface area contributed by atoms with Crippen molar-refractivity contribution in [2.75, 3.05) is 11.9 Å². The van der Waals surface area contributed by atoms with Gasteiger partial charge >= 0.3 is 0 Å². The second-order valence-corrected chi connectivity index (χ2v) is 3.69. The third kappa shape index (κ3) is 4.65. The first-order valence-electron chi connectivity index (χ1n) is 5.06. The third-order valence-electron chi connectivity index (χ3n) is 1.92. The van der Waals surface area contributed by atoms with E-state index in [1.54, 1.807) is 18.2 Å². The minimum Gasteiger partial charge on any atom is -0.508 e. The van der Waals surface area contributed by atoms with Crippen molar-refractivity contribution in [2.45, 2.75) is 19.8 Å². The van der Waals surface area contributed by atoms with Crippen LogP contribution in [-0.4, -0.2) is 16.8 Å². The van der Waals surface area contributed by atoms with Crippen molar-refractivity contribution < 1.29 is 5.11 Å². The topological polar surface area (TPSA) is 44.3 Å². The maximum Gasteiger partial charge on any atom is 0.170 e. The van der Waals surface area contributed by atoms with Gasteiger partial charge < -0.3 is 15.7 Å². The van der Waals surface area contributed by atoms with E-state index in [9.17, 15) is 5.11 Å². The van der Waals surface area contributed by atoms with Crippen LogP contribution in [-0.2, 0) is 0 Å². The average molecular weight is 224 g/mol. The molecule has 0 saturated carbocycles. The van der Waals surface area contributed by atoms with Crippen molar-refractivity contribution in [3.05, 3.63) is 24.3 Å². The molecule has 0 radical (unpaired) electrons. The van der Waals surface area contributed by atoms with Crippen LogP contribution in [0.5, 0.6) is 5.75 Å². The molecule has 3 nitrogen and oxygen atoms in total. The molecule has 0 spiro atoms. The van der Waals surface area contributed by atoms with Gasteiger partial charge in [-0.05, 0) is 30.8 Å². The second-order valence-electron chi connectivity index (χ2n) is 3.28. The highest BCUT2D eigenvalue weighted by Crippen LogP contribution is 2.14.